The molecule has 14 heteroatoms. The Hall–Kier alpha value is -2.94. The van der Waals surface area contributed by atoms with Gasteiger partial charge in [0.05, 0.1) is 37.2 Å². The van der Waals surface area contributed by atoms with Crippen molar-refractivity contribution in [1.29, 1.82) is 0 Å². The lowest BCUT2D eigenvalue weighted by atomic mass is 9.81. The van der Waals surface area contributed by atoms with Crippen LogP contribution in [0.2, 0.25) is 0 Å². The fraction of sp³-hybridized carbons (Fsp3) is 0.538. The molecule has 40 heavy (non-hydrogen) atoms. The Labute approximate surface area is 231 Å². The fourth-order valence-corrected chi connectivity index (χ4v) is 6.56. The van der Waals surface area contributed by atoms with E-state index < -0.39 is 27.9 Å². The Balaban J connectivity index is 1.09. The van der Waals surface area contributed by atoms with Gasteiger partial charge in [0.2, 0.25) is 21.8 Å². The monoisotopic (exact) mass is 582 g/mol. The Morgan fingerprint density at radius 2 is 1.88 bits per heavy atom. The summed E-state index contributed by atoms with van der Waals surface area (Å²) in [6.45, 7) is 1.29. The van der Waals surface area contributed by atoms with Crippen LogP contribution in [0.5, 0.6) is 5.88 Å². The van der Waals surface area contributed by atoms with Gasteiger partial charge in [0, 0.05) is 37.0 Å². The molecule has 2 aliphatic heterocycles. The molecule has 1 saturated heterocycles. The maximum absolute atomic E-state index is 13.3. The molecule has 5 rings (SSSR count). The molecule has 1 aromatic carbocycles. The van der Waals surface area contributed by atoms with E-state index in [1.807, 2.05) is 12.3 Å². The van der Waals surface area contributed by atoms with Gasteiger partial charge in [-0.05, 0) is 55.4 Å². The lowest BCUT2D eigenvalue weighted by Gasteiger charge is -2.46. The number of benzene rings is 1. The third-order valence-corrected chi connectivity index (χ3v) is 8.82. The van der Waals surface area contributed by atoms with Gasteiger partial charge in [0.15, 0.2) is 0 Å². The maximum Gasteiger partial charge on any atom is 0.416 e. The number of anilines is 1. The van der Waals surface area contributed by atoms with Gasteiger partial charge in [-0.2, -0.15) is 18.6 Å². The predicted molar refractivity (Wildman–Crippen MR) is 142 cm³/mol. The van der Waals surface area contributed by atoms with Crippen LogP contribution in [0.3, 0.4) is 0 Å². The smallest absolute Gasteiger partial charge is 0.416 e. The Kier molecular flexibility index (Phi) is 7.97. The quantitative estimate of drug-likeness (QED) is 0.435. The van der Waals surface area contributed by atoms with Crippen LogP contribution in [0.15, 0.2) is 36.5 Å². The lowest BCUT2D eigenvalue weighted by Crippen LogP contribution is -2.63. The molecule has 1 saturated carbocycles. The van der Waals surface area contributed by atoms with Crippen molar-refractivity contribution in [3.63, 3.8) is 0 Å². The van der Waals surface area contributed by atoms with Crippen molar-refractivity contribution in [3.05, 3.63) is 53.2 Å². The van der Waals surface area contributed by atoms with E-state index in [-0.39, 0.29) is 29.7 Å². The summed E-state index contributed by atoms with van der Waals surface area (Å²) in [5.41, 5.74) is 3.17. The number of rotatable bonds is 8. The molecule has 1 aliphatic carbocycles. The van der Waals surface area contributed by atoms with Crippen molar-refractivity contribution >= 4 is 21.6 Å². The summed E-state index contributed by atoms with van der Waals surface area (Å²) in [6, 6.07) is 7.27. The van der Waals surface area contributed by atoms with Crippen molar-refractivity contribution in [1.82, 2.24) is 25.9 Å². The summed E-state index contributed by atoms with van der Waals surface area (Å²) in [5, 5.41) is 5.80. The molecule has 1 aromatic heterocycles. The third kappa shape index (κ3) is 6.19. The molecule has 0 spiro atoms. The van der Waals surface area contributed by atoms with Gasteiger partial charge in [-0.3, -0.25) is 15.0 Å². The zero-order valence-electron chi connectivity index (χ0n) is 22.2. The second-order valence-electron chi connectivity index (χ2n) is 10.6. The van der Waals surface area contributed by atoms with Crippen LogP contribution in [0.1, 0.15) is 54.5 Å². The summed E-state index contributed by atoms with van der Waals surface area (Å²) < 4.78 is 70.0. The van der Waals surface area contributed by atoms with E-state index in [9.17, 15) is 26.4 Å². The number of carbonyl (C=O) groups is 1. The minimum Gasteiger partial charge on any atom is -0.481 e. The lowest BCUT2D eigenvalue weighted by molar-refractivity contribution is -0.137. The van der Waals surface area contributed by atoms with Gasteiger partial charge in [0.25, 0.3) is 0 Å². The molecule has 218 valence electrons. The number of sulfonamides is 1. The van der Waals surface area contributed by atoms with E-state index in [0.717, 1.165) is 67.6 Å². The Morgan fingerprint density at radius 3 is 2.48 bits per heavy atom. The number of pyridine rings is 1. The van der Waals surface area contributed by atoms with Crippen molar-refractivity contribution in [2.24, 2.45) is 0 Å². The molecule has 2 fully saturated rings. The number of ether oxygens (including phenoxy) is 1. The average Bonchev–Trinajstić information content (AvgIpc) is 3.28. The number of nitrogens with one attached hydrogen (secondary N) is 3. The number of likely N-dealkylation sites (tertiary alicyclic amines) is 1. The van der Waals surface area contributed by atoms with E-state index in [1.54, 1.807) is 7.11 Å². The van der Waals surface area contributed by atoms with Crippen molar-refractivity contribution < 1.29 is 31.1 Å². The van der Waals surface area contributed by atoms with Gasteiger partial charge in [-0.25, -0.2) is 17.8 Å². The molecule has 0 radical (unpaired) electrons. The van der Waals surface area contributed by atoms with Crippen LogP contribution < -0.4 is 25.2 Å². The van der Waals surface area contributed by atoms with E-state index in [0.29, 0.717) is 17.8 Å². The highest BCUT2D eigenvalue weighted by molar-refractivity contribution is 7.92. The van der Waals surface area contributed by atoms with Crippen molar-refractivity contribution in [2.75, 3.05) is 37.4 Å². The summed E-state index contributed by atoms with van der Waals surface area (Å²) in [4.78, 5) is 19.3. The highest BCUT2D eigenvalue weighted by Crippen LogP contribution is 2.39. The van der Waals surface area contributed by atoms with E-state index in [2.05, 4.69) is 32.0 Å². The molecular weight excluding hydrogens is 549 g/mol. The zero-order chi connectivity index (χ0) is 28.7. The molecule has 0 bridgehead atoms. The van der Waals surface area contributed by atoms with E-state index >= 15 is 0 Å². The van der Waals surface area contributed by atoms with Gasteiger partial charge in [-0.15, -0.1) is 0 Å². The first kappa shape index (κ1) is 28.6. The molecule has 10 nitrogen and oxygen atoms in total. The number of aromatic nitrogens is 1. The largest absolute Gasteiger partial charge is 0.481 e. The number of nitrogens with zero attached hydrogens (tertiary/aromatic N) is 3. The molecular formula is C26H33F3N6O4S. The second kappa shape index (κ2) is 11.1. The van der Waals surface area contributed by atoms with Crippen LogP contribution >= 0.6 is 0 Å². The van der Waals surface area contributed by atoms with E-state index in [4.69, 9.17) is 4.74 Å². The Bertz CT molecular complexity index is 1330. The SMILES string of the molecule is COc1ccc(C2CCC(N3CC(NC(=O)CNC4NN(S(C)(=O)=O)c5ccc(C(F)(F)F)cc54)C3)CC2)cn1. The second-order valence-corrected chi connectivity index (χ2v) is 12.4. The molecule has 1 unspecified atom stereocenters. The highest BCUT2D eigenvalue weighted by atomic mass is 32.2. The number of carbonyl (C=O) groups excluding carboxylic acids is 1. The molecule has 1 atom stereocenters. The molecule has 2 aromatic rings. The third-order valence-electron chi connectivity index (χ3n) is 7.86. The zero-order valence-corrected chi connectivity index (χ0v) is 23.1. The summed E-state index contributed by atoms with van der Waals surface area (Å²) in [5.74, 6) is 0.781. The highest BCUT2D eigenvalue weighted by Gasteiger charge is 2.39. The topological polar surface area (TPSA) is 116 Å². The van der Waals surface area contributed by atoms with Crippen molar-refractivity contribution in [3.8, 4) is 5.88 Å². The number of hydrogen-bond acceptors (Lipinski definition) is 8. The normalized spacial score (nSPS) is 23.9. The molecule has 3 aliphatic rings. The van der Waals surface area contributed by atoms with Crippen LogP contribution in [0.25, 0.3) is 0 Å². The van der Waals surface area contributed by atoms with Gasteiger partial charge in [0.1, 0.15) is 6.17 Å². The fourth-order valence-electron chi connectivity index (χ4n) is 5.74. The minimum absolute atomic E-state index is 0.00835. The number of methoxy groups -OCH3 is 1. The van der Waals surface area contributed by atoms with Crippen LogP contribution in [-0.2, 0) is 21.0 Å². The van der Waals surface area contributed by atoms with Crippen molar-refractivity contribution in [2.45, 2.75) is 56.0 Å². The van der Waals surface area contributed by atoms with Gasteiger partial charge < -0.3 is 10.1 Å². The first-order valence-electron chi connectivity index (χ1n) is 13.2. The first-order chi connectivity index (χ1) is 18.9. The summed E-state index contributed by atoms with van der Waals surface area (Å²) in [6.07, 6.45) is 1.57. The van der Waals surface area contributed by atoms with Crippen LogP contribution in [-0.4, -0.2) is 69.3 Å². The number of amides is 1. The van der Waals surface area contributed by atoms with Gasteiger partial charge >= 0.3 is 6.18 Å². The number of halogens is 3. The van der Waals surface area contributed by atoms with Crippen LogP contribution in [0, 0.1) is 0 Å². The van der Waals surface area contributed by atoms with Gasteiger partial charge in [-0.1, -0.05) is 6.07 Å². The van der Waals surface area contributed by atoms with Crippen LogP contribution in [0.4, 0.5) is 18.9 Å². The summed E-state index contributed by atoms with van der Waals surface area (Å²) >= 11 is 0. The maximum atomic E-state index is 13.3. The standard InChI is InChI=1S/C26H33F3N6O4S/c1-39-24-10-5-17(12-30-24)16-3-7-20(8-4-16)34-14-19(15-34)32-23(36)13-31-25-21-11-18(26(27,28)29)6-9-22(21)35(33-25)40(2,37)38/h5-6,9-12,16,19-20,25,31,33H,3-4,7-8,13-15H2,1-2H3,(H,32,36). The minimum atomic E-state index is -4.59. The number of alkyl halides is 3. The number of hydrogen-bond donors (Lipinski definition) is 3. The summed E-state index contributed by atoms with van der Waals surface area (Å²) in [7, 11) is -2.20. The number of fused-ring (bicyclic) bond motifs is 1. The Morgan fingerprint density at radius 1 is 1.15 bits per heavy atom. The van der Waals surface area contributed by atoms with E-state index in [1.165, 1.54) is 5.56 Å². The molecule has 1 amide bonds. The first-order valence-corrected chi connectivity index (χ1v) is 15.0. The molecule has 3 N–H and O–H groups in total. The molecule has 3 heterocycles. The average molecular weight is 583 g/mol. The number of hydrazine groups is 1. The predicted octanol–water partition coefficient (Wildman–Crippen LogP) is 2.51.